The second kappa shape index (κ2) is 8.27. The van der Waals surface area contributed by atoms with Gasteiger partial charge in [-0.3, -0.25) is 19.5 Å². The fourth-order valence-corrected chi connectivity index (χ4v) is 3.45. The van der Waals surface area contributed by atoms with Crippen LogP contribution in [0, 0.1) is 0 Å². The van der Waals surface area contributed by atoms with Crippen LogP contribution >= 0.6 is 11.8 Å². The van der Waals surface area contributed by atoms with Gasteiger partial charge in [0.2, 0.25) is 0 Å². The second-order valence-corrected chi connectivity index (χ2v) is 6.77. The lowest BCUT2D eigenvalue weighted by Crippen LogP contribution is -2.32. The number of thioether (sulfide) groups is 1. The fraction of sp³-hybridized carbons (Fsp3) is 0.316. The van der Waals surface area contributed by atoms with E-state index in [1.54, 1.807) is 6.20 Å². The molecule has 1 saturated heterocycles. The van der Waals surface area contributed by atoms with Crippen LogP contribution in [0.3, 0.4) is 0 Å². The molecule has 5 nitrogen and oxygen atoms in total. The molecule has 130 valence electrons. The Morgan fingerprint density at radius 1 is 1.16 bits per heavy atom. The molecule has 0 bridgehead atoms. The van der Waals surface area contributed by atoms with Crippen molar-refractivity contribution in [3.05, 3.63) is 65.5 Å². The molecule has 25 heavy (non-hydrogen) atoms. The minimum absolute atomic E-state index is 0.259. The Labute approximate surface area is 151 Å². The summed E-state index contributed by atoms with van der Waals surface area (Å²) < 4.78 is 5.64. The first-order valence-corrected chi connectivity index (χ1v) is 9.16. The molecule has 6 heteroatoms. The van der Waals surface area contributed by atoms with Crippen molar-refractivity contribution in [2.45, 2.75) is 31.7 Å². The maximum atomic E-state index is 12.4. The molecule has 0 radical (unpaired) electrons. The van der Waals surface area contributed by atoms with Gasteiger partial charge in [-0.2, -0.15) is 0 Å². The highest BCUT2D eigenvalue weighted by Crippen LogP contribution is 2.29. The Morgan fingerprint density at radius 2 is 1.96 bits per heavy atom. The van der Waals surface area contributed by atoms with Gasteiger partial charge in [0.15, 0.2) is 5.44 Å². The molecular weight excluding hydrogens is 336 g/mol. The predicted molar refractivity (Wildman–Crippen MR) is 97.0 cm³/mol. The van der Waals surface area contributed by atoms with Crippen molar-refractivity contribution in [3.63, 3.8) is 0 Å². The Balaban J connectivity index is 1.53. The van der Waals surface area contributed by atoms with E-state index in [0.29, 0.717) is 13.0 Å². The minimum Gasteiger partial charge on any atom is -0.357 e. The zero-order valence-electron chi connectivity index (χ0n) is 14.1. The SMILES string of the molecule is CCc1ccnc(CCOC2SC(=O)N(Cc3ccccc3)C2=O)c1. The van der Waals surface area contributed by atoms with E-state index in [1.807, 2.05) is 42.5 Å². The summed E-state index contributed by atoms with van der Waals surface area (Å²) in [5.74, 6) is -0.283. The van der Waals surface area contributed by atoms with Crippen molar-refractivity contribution in [3.8, 4) is 0 Å². The van der Waals surface area contributed by atoms with Crippen molar-refractivity contribution >= 4 is 22.9 Å². The van der Waals surface area contributed by atoms with Crippen LogP contribution in [-0.4, -0.2) is 33.1 Å². The van der Waals surface area contributed by atoms with E-state index < -0.39 is 5.44 Å². The maximum Gasteiger partial charge on any atom is 0.291 e. The summed E-state index contributed by atoms with van der Waals surface area (Å²) in [6.45, 7) is 2.73. The molecule has 1 aromatic heterocycles. The number of rotatable bonds is 7. The van der Waals surface area contributed by atoms with Gasteiger partial charge >= 0.3 is 0 Å². The van der Waals surface area contributed by atoms with E-state index in [-0.39, 0.29) is 17.7 Å². The van der Waals surface area contributed by atoms with Crippen molar-refractivity contribution in [1.82, 2.24) is 9.88 Å². The topological polar surface area (TPSA) is 59.5 Å². The number of carbonyl (C=O) groups is 2. The lowest BCUT2D eigenvalue weighted by atomic mass is 10.1. The van der Waals surface area contributed by atoms with Gasteiger partial charge in [-0.1, -0.05) is 37.3 Å². The average molecular weight is 356 g/mol. The van der Waals surface area contributed by atoms with Gasteiger partial charge in [0.1, 0.15) is 0 Å². The number of aromatic nitrogens is 1. The monoisotopic (exact) mass is 356 g/mol. The summed E-state index contributed by atoms with van der Waals surface area (Å²) in [5, 5.41) is -0.259. The second-order valence-electron chi connectivity index (χ2n) is 5.76. The zero-order chi connectivity index (χ0) is 17.6. The van der Waals surface area contributed by atoms with Gasteiger partial charge in [-0.15, -0.1) is 0 Å². The number of hydrogen-bond donors (Lipinski definition) is 0. The number of ether oxygens (including phenoxy) is 1. The van der Waals surface area contributed by atoms with Gasteiger partial charge in [0, 0.05) is 18.3 Å². The summed E-state index contributed by atoms with van der Waals surface area (Å²) in [6.07, 6.45) is 3.36. The summed E-state index contributed by atoms with van der Waals surface area (Å²) in [6, 6.07) is 13.5. The zero-order valence-corrected chi connectivity index (χ0v) is 14.9. The molecule has 2 aromatic rings. The summed E-state index contributed by atoms with van der Waals surface area (Å²) >= 11 is 0.939. The number of carbonyl (C=O) groups excluding carboxylic acids is 2. The number of imide groups is 1. The van der Waals surface area contributed by atoms with Crippen LogP contribution in [0.1, 0.15) is 23.7 Å². The standard InChI is InChI=1S/C19H20N2O3S/c1-2-14-8-10-20-16(12-14)9-11-24-18-17(22)21(19(23)25-18)13-15-6-4-3-5-7-15/h3-8,10,12,18H,2,9,11,13H2,1H3. The van der Waals surface area contributed by atoms with E-state index in [1.165, 1.54) is 10.5 Å². The molecule has 1 aromatic carbocycles. The van der Waals surface area contributed by atoms with Crippen molar-refractivity contribution < 1.29 is 14.3 Å². The third-order valence-electron chi connectivity index (χ3n) is 4.00. The van der Waals surface area contributed by atoms with Crippen molar-refractivity contribution in [2.75, 3.05) is 6.61 Å². The minimum atomic E-state index is -0.759. The highest BCUT2D eigenvalue weighted by atomic mass is 32.2. The van der Waals surface area contributed by atoms with E-state index >= 15 is 0 Å². The molecular formula is C19H20N2O3S. The van der Waals surface area contributed by atoms with Crippen LogP contribution < -0.4 is 0 Å². The number of aryl methyl sites for hydroxylation is 1. The molecule has 0 aliphatic carbocycles. The van der Waals surface area contributed by atoms with Crippen molar-refractivity contribution in [1.29, 1.82) is 0 Å². The molecule has 1 atom stereocenters. The molecule has 3 rings (SSSR count). The van der Waals surface area contributed by atoms with E-state index in [0.717, 1.165) is 29.4 Å². The molecule has 2 amide bonds. The Bertz CT molecular complexity index is 751. The van der Waals surface area contributed by atoms with Crippen molar-refractivity contribution in [2.24, 2.45) is 0 Å². The van der Waals surface area contributed by atoms with Crippen LogP contribution in [0.4, 0.5) is 4.79 Å². The summed E-state index contributed by atoms with van der Waals surface area (Å²) in [7, 11) is 0. The van der Waals surface area contributed by atoms with E-state index in [2.05, 4.69) is 11.9 Å². The lowest BCUT2D eigenvalue weighted by Gasteiger charge is -2.14. The van der Waals surface area contributed by atoms with E-state index in [4.69, 9.17) is 4.74 Å². The maximum absolute atomic E-state index is 12.4. The van der Waals surface area contributed by atoms with Gasteiger partial charge < -0.3 is 4.74 Å². The molecule has 1 aliphatic heterocycles. The lowest BCUT2D eigenvalue weighted by molar-refractivity contribution is -0.134. The number of benzene rings is 1. The normalized spacial score (nSPS) is 17.3. The highest BCUT2D eigenvalue weighted by molar-refractivity contribution is 8.15. The number of amides is 2. The highest BCUT2D eigenvalue weighted by Gasteiger charge is 2.40. The van der Waals surface area contributed by atoms with Crippen LogP contribution in [0.15, 0.2) is 48.7 Å². The third-order valence-corrected chi connectivity index (χ3v) is 4.97. The third kappa shape index (κ3) is 4.46. The van der Waals surface area contributed by atoms with Gasteiger partial charge in [0.05, 0.1) is 13.2 Å². The van der Waals surface area contributed by atoms with Gasteiger partial charge in [-0.05, 0) is 41.4 Å². The first kappa shape index (κ1) is 17.6. The van der Waals surface area contributed by atoms with Crippen LogP contribution in [-0.2, 0) is 28.9 Å². The quantitative estimate of drug-likeness (QED) is 0.761. The van der Waals surface area contributed by atoms with Gasteiger partial charge in [0.25, 0.3) is 11.1 Å². The van der Waals surface area contributed by atoms with Gasteiger partial charge in [-0.25, -0.2) is 0 Å². The average Bonchev–Trinajstić information content (AvgIpc) is 2.90. The Kier molecular flexibility index (Phi) is 5.83. The van der Waals surface area contributed by atoms with Crippen LogP contribution in [0.25, 0.3) is 0 Å². The predicted octanol–water partition coefficient (Wildman–Crippen LogP) is 3.42. The molecule has 1 aliphatic rings. The molecule has 0 saturated carbocycles. The molecule has 1 unspecified atom stereocenters. The number of hydrogen-bond acceptors (Lipinski definition) is 5. The smallest absolute Gasteiger partial charge is 0.291 e. The first-order valence-electron chi connectivity index (χ1n) is 8.28. The molecule has 0 spiro atoms. The fourth-order valence-electron chi connectivity index (χ4n) is 2.59. The Hall–Kier alpha value is -2.18. The Morgan fingerprint density at radius 3 is 2.72 bits per heavy atom. The van der Waals surface area contributed by atoms with Crippen LogP contribution in [0.5, 0.6) is 0 Å². The molecule has 1 fully saturated rings. The van der Waals surface area contributed by atoms with E-state index in [9.17, 15) is 9.59 Å². The summed E-state index contributed by atoms with van der Waals surface area (Å²) in [4.78, 5) is 30.1. The molecule has 0 N–H and O–H groups in total. The van der Waals surface area contributed by atoms with Crippen LogP contribution in [0.2, 0.25) is 0 Å². The molecule has 2 heterocycles. The number of pyridine rings is 1. The first-order chi connectivity index (χ1) is 12.2. The summed E-state index contributed by atoms with van der Waals surface area (Å²) in [5.41, 5.74) is 2.32. The largest absolute Gasteiger partial charge is 0.357 e. The number of nitrogens with zero attached hydrogens (tertiary/aromatic N) is 2.